The van der Waals surface area contributed by atoms with E-state index in [1.54, 1.807) is 12.1 Å². The van der Waals surface area contributed by atoms with Crippen molar-refractivity contribution >= 4 is 6.29 Å². The van der Waals surface area contributed by atoms with Gasteiger partial charge in [-0.2, -0.15) is 13.2 Å². The maximum Gasteiger partial charge on any atom is 0.422 e. The lowest BCUT2D eigenvalue weighted by Crippen LogP contribution is -2.19. The highest BCUT2D eigenvalue weighted by molar-refractivity contribution is 5.52. The molecule has 1 aromatic carbocycles. The van der Waals surface area contributed by atoms with Gasteiger partial charge in [-0.1, -0.05) is 13.0 Å². The number of carbonyl (C=O) groups excluding carboxylic acids is 1. The van der Waals surface area contributed by atoms with Gasteiger partial charge in [0.25, 0.3) is 0 Å². The minimum atomic E-state index is -4.41. The van der Waals surface area contributed by atoms with E-state index in [0.717, 1.165) is 5.56 Å². The van der Waals surface area contributed by atoms with Crippen LogP contribution >= 0.6 is 0 Å². The van der Waals surface area contributed by atoms with E-state index in [1.165, 1.54) is 6.07 Å². The van der Waals surface area contributed by atoms with Crippen LogP contribution in [0.3, 0.4) is 0 Å². The zero-order valence-corrected chi connectivity index (χ0v) is 9.79. The molecule has 0 atom stereocenters. The second kappa shape index (κ2) is 6.28. The van der Waals surface area contributed by atoms with Crippen LogP contribution in [0.1, 0.15) is 12.5 Å². The van der Waals surface area contributed by atoms with Gasteiger partial charge in [0, 0.05) is 0 Å². The average molecular weight is 262 g/mol. The van der Waals surface area contributed by atoms with Crippen LogP contribution in [0.2, 0.25) is 0 Å². The molecule has 0 amide bonds. The number of rotatable bonds is 6. The summed E-state index contributed by atoms with van der Waals surface area (Å²) in [5.74, 6) is 0.122. The Bertz CT molecular complexity index is 402. The Morgan fingerprint density at radius 3 is 2.50 bits per heavy atom. The third kappa shape index (κ3) is 4.65. The maximum absolute atomic E-state index is 12.0. The van der Waals surface area contributed by atoms with Crippen molar-refractivity contribution in [1.29, 1.82) is 0 Å². The highest BCUT2D eigenvalue weighted by Gasteiger charge is 2.29. The predicted molar refractivity (Wildman–Crippen MR) is 58.9 cm³/mol. The first kappa shape index (κ1) is 14.3. The summed E-state index contributed by atoms with van der Waals surface area (Å²) in [5.41, 5.74) is 0.884. The lowest BCUT2D eigenvalue weighted by molar-refractivity contribution is -0.153. The molecule has 0 heterocycles. The van der Waals surface area contributed by atoms with Crippen LogP contribution in [-0.2, 0) is 11.2 Å². The Morgan fingerprint density at radius 2 is 1.94 bits per heavy atom. The molecule has 0 aliphatic carbocycles. The van der Waals surface area contributed by atoms with E-state index in [2.05, 4.69) is 4.74 Å². The number of ether oxygens (including phenoxy) is 2. The molecule has 18 heavy (non-hydrogen) atoms. The van der Waals surface area contributed by atoms with Gasteiger partial charge >= 0.3 is 6.18 Å². The van der Waals surface area contributed by atoms with E-state index in [1.807, 2.05) is 6.92 Å². The maximum atomic E-state index is 12.0. The Hall–Kier alpha value is -1.72. The van der Waals surface area contributed by atoms with Crippen molar-refractivity contribution in [3.63, 3.8) is 0 Å². The van der Waals surface area contributed by atoms with Crippen LogP contribution in [0.15, 0.2) is 18.2 Å². The van der Waals surface area contributed by atoms with Gasteiger partial charge in [0.05, 0.1) is 0 Å². The van der Waals surface area contributed by atoms with E-state index >= 15 is 0 Å². The number of hydrogen-bond acceptors (Lipinski definition) is 3. The van der Waals surface area contributed by atoms with Crippen LogP contribution in [0.4, 0.5) is 13.2 Å². The first-order valence-electron chi connectivity index (χ1n) is 5.35. The Labute approximate surface area is 103 Å². The molecule has 0 N–H and O–H groups in total. The van der Waals surface area contributed by atoms with Gasteiger partial charge in [-0.05, 0) is 24.1 Å². The summed E-state index contributed by atoms with van der Waals surface area (Å²) in [4.78, 5) is 10.2. The SMILES string of the molecule is CCc1ccc(OCC(F)(F)F)c(OCC=O)c1. The fourth-order valence-electron chi connectivity index (χ4n) is 1.29. The van der Waals surface area contributed by atoms with Crippen molar-refractivity contribution in [2.75, 3.05) is 13.2 Å². The highest BCUT2D eigenvalue weighted by atomic mass is 19.4. The fraction of sp³-hybridized carbons (Fsp3) is 0.417. The van der Waals surface area contributed by atoms with Crippen LogP contribution in [0.5, 0.6) is 11.5 Å². The molecule has 0 saturated heterocycles. The molecule has 0 aromatic heterocycles. The van der Waals surface area contributed by atoms with Gasteiger partial charge in [0.2, 0.25) is 0 Å². The van der Waals surface area contributed by atoms with E-state index in [4.69, 9.17) is 4.74 Å². The highest BCUT2D eigenvalue weighted by Crippen LogP contribution is 2.30. The largest absolute Gasteiger partial charge is 0.482 e. The standard InChI is InChI=1S/C12H13F3O3/c1-2-9-3-4-10(18-8-12(13,14)15)11(7-9)17-6-5-16/h3-5,7H,2,6,8H2,1H3. The molecule has 6 heteroatoms. The van der Waals surface area contributed by atoms with Gasteiger partial charge in [0.1, 0.15) is 6.61 Å². The minimum Gasteiger partial charge on any atom is -0.482 e. The second-order valence-corrected chi connectivity index (χ2v) is 3.52. The number of carbonyl (C=O) groups is 1. The van der Waals surface area contributed by atoms with Gasteiger partial charge in [0.15, 0.2) is 24.4 Å². The summed E-state index contributed by atoms with van der Waals surface area (Å²) in [6, 6.07) is 4.62. The molecule has 3 nitrogen and oxygen atoms in total. The average Bonchev–Trinajstić information content (AvgIpc) is 2.33. The minimum absolute atomic E-state index is 0.0219. The van der Waals surface area contributed by atoms with Crippen molar-refractivity contribution in [3.05, 3.63) is 23.8 Å². The number of halogens is 3. The molecule has 0 spiro atoms. The topological polar surface area (TPSA) is 35.5 Å². The molecule has 1 aromatic rings. The monoisotopic (exact) mass is 262 g/mol. The summed E-state index contributed by atoms with van der Waals surface area (Å²) < 4.78 is 45.8. The zero-order valence-electron chi connectivity index (χ0n) is 9.79. The van der Waals surface area contributed by atoms with Crippen LogP contribution in [-0.4, -0.2) is 25.7 Å². The molecule has 0 aliphatic heterocycles. The number of alkyl halides is 3. The normalized spacial score (nSPS) is 11.1. The Balaban J connectivity index is 2.84. The number of hydrogen-bond donors (Lipinski definition) is 0. The molecule has 1 rings (SSSR count). The van der Waals surface area contributed by atoms with Crippen molar-refractivity contribution in [2.24, 2.45) is 0 Å². The van der Waals surface area contributed by atoms with Crippen molar-refractivity contribution in [2.45, 2.75) is 19.5 Å². The second-order valence-electron chi connectivity index (χ2n) is 3.52. The van der Waals surface area contributed by atoms with E-state index < -0.39 is 12.8 Å². The number of aryl methyl sites for hydroxylation is 1. The van der Waals surface area contributed by atoms with Gasteiger partial charge < -0.3 is 9.47 Å². The third-order valence-corrected chi connectivity index (χ3v) is 2.11. The van der Waals surface area contributed by atoms with Crippen molar-refractivity contribution < 1.29 is 27.4 Å². The van der Waals surface area contributed by atoms with E-state index in [0.29, 0.717) is 12.7 Å². The summed E-state index contributed by atoms with van der Waals surface area (Å²) in [6.07, 6.45) is -3.19. The number of benzene rings is 1. The van der Waals surface area contributed by atoms with Gasteiger partial charge in [-0.25, -0.2) is 0 Å². The molecule has 0 fully saturated rings. The first-order chi connectivity index (χ1) is 8.46. The molecular weight excluding hydrogens is 249 g/mol. The van der Waals surface area contributed by atoms with Gasteiger partial charge in [-0.15, -0.1) is 0 Å². The summed E-state index contributed by atoms with van der Waals surface area (Å²) in [6.45, 7) is 0.278. The molecule has 0 radical (unpaired) electrons. The van der Waals surface area contributed by atoms with Crippen LogP contribution in [0, 0.1) is 0 Å². The smallest absolute Gasteiger partial charge is 0.422 e. The molecule has 0 saturated carbocycles. The molecule has 0 unspecified atom stereocenters. The van der Waals surface area contributed by atoms with Crippen LogP contribution in [0.25, 0.3) is 0 Å². The van der Waals surface area contributed by atoms with Crippen LogP contribution < -0.4 is 9.47 Å². The van der Waals surface area contributed by atoms with E-state index in [9.17, 15) is 18.0 Å². The third-order valence-electron chi connectivity index (χ3n) is 2.11. The summed E-state index contributed by atoms with van der Waals surface area (Å²) >= 11 is 0. The Morgan fingerprint density at radius 1 is 1.22 bits per heavy atom. The summed E-state index contributed by atoms with van der Waals surface area (Å²) in [7, 11) is 0. The fourth-order valence-corrected chi connectivity index (χ4v) is 1.29. The summed E-state index contributed by atoms with van der Waals surface area (Å²) in [5, 5.41) is 0. The van der Waals surface area contributed by atoms with E-state index in [-0.39, 0.29) is 18.1 Å². The molecule has 0 bridgehead atoms. The van der Waals surface area contributed by atoms with Crippen molar-refractivity contribution in [3.8, 4) is 11.5 Å². The zero-order chi connectivity index (χ0) is 13.6. The predicted octanol–water partition coefficient (Wildman–Crippen LogP) is 2.77. The molecule has 100 valence electrons. The van der Waals surface area contributed by atoms with Crippen molar-refractivity contribution in [1.82, 2.24) is 0 Å². The lowest BCUT2D eigenvalue weighted by Gasteiger charge is -2.13. The lowest BCUT2D eigenvalue weighted by atomic mass is 10.1. The molecular formula is C12H13F3O3. The quantitative estimate of drug-likeness (QED) is 0.739. The molecule has 0 aliphatic rings. The first-order valence-corrected chi connectivity index (χ1v) is 5.35. The number of aldehydes is 1. The Kier molecular flexibility index (Phi) is 5.00. The van der Waals surface area contributed by atoms with Gasteiger partial charge in [-0.3, -0.25) is 4.79 Å².